The Morgan fingerprint density at radius 3 is 2.20 bits per heavy atom. The van der Waals surface area contributed by atoms with Crippen LogP contribution in [0, 0.1) is 23.7 Å². The third-order valence-electron chi connectivity index (χ3n) is 9.49. The van der Waals surface area contributed by atoms with E-state index in [0.29, 0.717) is 43.3 Å². The number of carbonyl (C=O) groups excluding carboxylic acids is 2. The number of fused-ring (bicyclic) bond motifs is 1. The molecule has 0 aromatic heterocycles. The lowest BCUT2D eigenvalue weighted by atomic mass is 9.82. The minimum atomic E-state index is -1.04. The molecule has 2 aliphatic rings. The first kappa shape index (κ1) is 35.8. The molecule has 2 aromatic carbocycles. The Hall–Kier alpha value is -2.09. The van der Waals surface area contributed by atoms with Crippen LogP contribution >= 0.6 is 11.8 Å². The summed E-state index contributed by atoms with van der Waals surface area (Å²) in [6.07, 6.45) is 8.25. The molecule has 2 aliphatic carbocycles. The third kappa shape index (κ3) is 11.6. The van der Waals surface area contributed by atoms with E-state index in [4.69, 9.17) is 0 Å². The van der Waals surface area contributed by atoms with Gasteiger partial charge in [0.15, 0.2) is 0 Å². The van der Waals surface area contributed by atoms with Crippen LogP contribution < -0.4 is 10.6 Å². The predicted molar refractivity (Wildman–Crippen MR) is 187 cm³/mol. The largest absolute Gasteiger partial charge is 0.390 e. The molecule has 2 aromatic rings. The van der Waals surface area contributed by atoms with Crippen LogP contribution in [0.5, 0.6) is 0 Å². The van der Waals surface area contributed by atoms with Crippen LogP contribution in [0.4, 0.5) is 0 Å². The fourth-order valence-corrected chi connectivity index (χ4v) is 7.73. The lowest BCUT2D eigenvalue weighted by molar-refractivity contribution is -0.132. The van der Waals surface area contributed by atoms with E-state index in [1.54, 1.807) is 11.8 Å². The summed E-state index contributed by atoms with van der Waals surface area (Å²) in [6, 6.07) is 13.3. The van der Waals surface area contributed by atoms with Gasteiger partial charge in [-0.3, -0.25) is 9.59 Å². The molecule has 0 heterocycles. The summed E-state index contributed by atoms with van der Waals surface area (Å²) in [5, 5.41) is 30.8. The lowest BCUT2D eigenvalue weighted by Gasteiger charge is -2.34. The molecule has 5 atom stereocenters. The zero-order valence-corrected chi connectivity index (χ0v) is 29.1. The van der Waals surface area contributed by atoms with Crippen LogP contribution in [0.1, 0.15) is 104 Å². The van der Waals surface area contributed by atoms with Crippen molar-refractivity contribution in [1.29, 1.82) is 0 Å². The predicted octanol–water partition coefficient (Wildman–Crippen LogP) is 7.04. The van der Waals surface area contributed by atoms with E-state index in [2.05, 4.69) is 61.7 Å². The van der Waals surface area contributed by atoms with E-state index in [1.807, 2.05) is 26.0 Å². The highest BCUT2D eigenvalue weighted by molar-refractivity contribution is 8.00. The Labute approximate surface area is 275 Å². The van der Waals surface area contributed by atoms with Gasteiger partial charge in [0.2, 0.25) is 11.8 Å². The number of aliphatic hydroxyl groups excluding tert-OH is 2. The van der Waals surface area contributed by atoms with Crippen molar-refractivity contribution in [1.82, 2.24) is 10.6 Å². The molecular formula is C38H58N2O4S. The van der Waals surface area contributed by atoms with Crippen molar-refractivity contribution in [2.45, 2.75) is 134 Å². The normalized spacial score (nSPS) is 19.6. The quantitative estimate of drug-likeness (QED) is 0.158. The Balaban J connectivity index is 1.52. The number of nitrogens with one attached hydrogen (secondary N) is 2. The van der Waals surface area contributed by atoms with Crippen molar-refractivity contribution in [2.24, 2.45) is 23.7 Å². The zero-order chi connectivity index (χ0) is 32.6. The fourth-order valence-electron chi connectivity index (χ4n) is 6.76. The first-order chi connectivity index (χ1) is 21.4. The summed E-state index contributed by atoms with van der Waals surface area (Å²) < 4.78 is 0.00136. The molecule has 0 radical (unpaired) electrons. The molecule has 2 amide bonds. The summed E-state index contributed by atoms with van der Waals surface area (Å²) >= 11 is 1.78. The summed E-state index contributed by atoms with van der Waals surface area (Å²) in [7, 11) is 0. The maximum atomic E-state index is 14.1. The molecule has 2 saturated carbocycles. The zero-order valence-electron chi connectivity index (χ0n) is 28.3. The molecule has 250 valence electrons. The number of carbonyl (C=O) groups is 2. The summed E-state index contributed by atoms with van der Waals surface area (Å²) in [5.74, 6) is 1.10. The number of benzene rings is 2. The fraction of sp³-hybridized carbons (Fsp3) is 0.684. The number of hydrogen-bond donors (Lipinski definition) is 4. The van der Waals surface area contributed by atoms with Gasteiger partial charge in [0.05, 0.1) is 18.1 Å². The van der Waals surface area contributed by atoms with E-state index in [1.165, 1.54) is 19.3 Å². The smallest absolute Gasteiger partial charge is 0.242 e. The summed E-state index contributed by atoms with van der Waals surface area (Å²) in [4.78, 5) is 28.1. The summed E-state index contributed by atoms with van der Waals surface area (Å²) in [5.41, 5.74) is 1.14. The molecule has 0 bridgehead atoms. The lowest BCUT2D eigenvalue weighted by Crippen LogP contribution is -2.56. The second-order valence-corrected chi connectivity index (χ2v) is 17.1. The average Bonchev–Trinajstić information content (AvgIpc) is 3.82. The van der Waals surface area contributed by atoms with Gasteiger partial charge in [-0.2, -0.15) is 11.8 Å². The minimum absolute atomic E-state index is 0.00136. The van der Waals surface area contributed by atoms with Crippen molar-refractivity contribution in [3.05, 3.63) is 48.0 Å². The van der Waals surface area contributed by atoms with Crippen molar-refractivity contribution >= 4 is 34.3 Å². The van der Waals surface area contributed by atoms with Gasteiger partial charge >= 0.3 is 0 Å². The topological polar surface area (TPSA) is 98.7 Å². The standard InChI is InChI=1S/C38H58N2O4S/c1-25(2)20-34(41)35(42)32(21-26-12-7-6-8-13-26)39-37(44)33(22-27-18-19-27)40-36(43)30(24-45-38(3,4)5)23-29-16-11-15-28-14-9-10-17-31(28)29/h9-11,14-17,25-27,30,32-35,41-42H,6-8,12-13,18-24H2,1-5H3,(H,39,44)(H,40,43)/t30-,32+,33+,34+,35-/m1/s1. The SMILES string of the molecule is CC(C)C[C@H](O)[C@H](O)[C@H](CC1CCCCC1)NC(=O)[C@H](CC1CC1)NC(=O)[C@@H](CSC(C)(C)C)Cc1cccc2ccccc12. The molecule has 4 N–H and O–H groups in total. The van der Waals surface area contributed by atoms with Crippen LogP contribution in [-0.2, 0) is 16.0 Å². The Bertz CT molecular complexity index is 1230. The Morgan fingerprint density at radius 2 is 1.53 bits per heavy atom. The van der Waals surface area contributed by atoms with Crippen molar-refractivity contribution < 1.29 is 19.8 Å². The molecule has 0 aliphatic heterocycles. The molecule has 0 saturated heterocycles. The number of amides is 2. The van der Waals surface area contributed by atoms with E-state index in [0.717, 1.165) is 42.0 Å². The van der Waals surface area contributed by atoms with Crippen LogP contribution in [-0.4, -0.2) is 56.8 Å². The molecule has 7 heteroatoms. The Kier molecular flexibility index (Phi) is 13.2. The van der Waals surface area contributed by atoms with Gasteiger partial charge in [0.25, 0.3) is 0 Å². The number of aliphatic hydroxyl groups is 2. The van der Waals surface area contributed by atoms with Crippen molar-refractivity contribution in [3.8, 4) is 0 Å². The summed E-state index contributed by atoms with van der Waals surface area (Å²) in [6.45, 7) is 10.6. The van der Waals surface area contributed by atoms with E-state index in [9.17, 15) is 19.8 Å². The van der Waals surface area contributed by atoms with Gasteiger partial charge < -0.3 is 20.8 Å². The highest BCUT2D eigenvalue weighted by Crippen LogP contribution is 2.35. The highest BCUT2D eigenvalue weighted by Gasteiger charge is 2.36. The molecule has 4 rings (SSSR count). The monoisotopic (exact) mass is 638 g/mol. The maximum Gasteiger partial charge on any atom is 0.242 e. The second-order valence-electron chi connectivity index (χ2n) is 15.2. The van der Waals surface area contributed by atoms with Gasteiger partial charge in [-0.15, -0.1) is 0 Å². The average molecular weight is 639 g/mol. The van der Waals surface area contributed by atoms with Crippen LogP contribution in [0.3, 0.4) is 0 Å². The number of rotatable bonds is 16. The van der Waals surface area contributed by atoms with Gasteiger partial charge in [-0.25, -0.2) is 0 Å². The molecule has 45 heavy (non-hydrogen) atoms. The van der Waals surface area contributed by atoms with E-state index < -0.39 is 24.3 Å². The minimum Gasteiger partial charge on any atom is -0.390 e. The molecule has 0 unspecified atom stereocenters. The van der Waals surface area contributed by atoms with Crippen LogP contribution in [0.15, 0.2) is 42.5 Å². The van der Waals surface area contributed by atoms with Crippen molar-refractivity contribution in [3.63, 3.8) is 0 Å². The van der Waals surface area contributed by atoms with Gasteiger partial charge in [0.1, 0.15) is 12.1 Å². The van der Waals surface area contributed by atoms with Gasteiger partial charge in [-0.05, 0) is 59.8 Å². The van der Waals surface area contributed by atoms with E-state index >= 15 is 0 Å². The number of thioether (sulfide) groups is 1. The highest BCUT2D eigenvalue weighted by atomic mass is 32.2. The molecular weight excluding hydrogens is 580 g/mol. The van der Waals surface area contributed by atoms with Crippen LogP contribution in [0.25, 0.3) is 10.8 Å². The number of hydrogen-bond acceptors (Lipinski definition) is 5. The maximum absolute atomic E-state index is 14.1. The van der Waals surface area contributed by atoms with Gasteiger partial charge in [0, 0.05) is 10.5 Å². The first-order valence-electron chi connectivity index (χ1n) is 17.5. The van der Waals surface area contributed by atoms with E-state index in [-0.39, 0.29) is 28.4 Å². The molecule has 0 spiro atoms. The molecule has 6 nitrogen and oxygen atoms in total. The van der Waals surface area contributed by atoms with Gasteiger partial charge in [-0.1, -0.05) is 122 Å². The van der Waals surface area contributed by atoms with Crippen molar-refractivity contribution in [2.75, 3.05) is 5.75 Å². The van der Waals surface area contributed by atoms with Crippen LogP contribution in [0.2, 0.25) is 0 Å². The molecule has 2 fully saturated rings. The second kappa shape index (κ2) is 16.6. The first-order valence-corrected chi connectivity index (χ1v) is 18.5. The third-order valence-corrected chi connectivity index (χ3v) is 10.9. The Morgan fingerprint density at radius 1 is 0.867 bits per heavy atom.